The number of benzene rings is 1. The van der Waals surface area contributed by atoms with Crippen LogP contribution < -0.4 is 10.3 Å². The molecule has 0 amide bonds. The number of nitrogens with zero attached hydrogens (tertiary/aromatic N) is 1. The van der Waals surface area contributed by atoms with Gasteiger partial charge in [0.15, 0.2) is 0 Å². The Morgan fingerprint density at radius 2 is 1.79 bits per heavy atom. The third kappa shape index (κ3) is 3.47. The third-order valence-electron chi connectivity index (χ3n) is 2.86. The van der Waals surface area contributed by atoms with Crippen molar-refractivity contribution in [3.8, 4) is 5.75 Å². The zero-order valence-corrected chi connectivity index (χ0v) is 11.6. The van der Waals surface area contributed by atoms with Crippen molar-refractivity contribution in [3.05, 3.63) is 64.6 Å². The molecule has 0 bridgehead atoms. The second kappa shape index (κ2) is 5.31. The molecule has 1 aromatic heterocycles. The van der Waals surface area contributed by atoms with Crippen molar-refractivity contribution in [1.82, 2.24) is 4.57 Å². The molecule has 0 fully saturated rings. The average molecular weight is 257 g/mol. The molecule has 3 heteroatoms. The van der Waals surface area contributed by atoms with Gasteiger partial charge in [0.05, 0.1) is 0 Å². The average Bonchev–Trinajstić information content (AvgIpc) is 2.36. The standard InChI is InChI=1S/C16H19NO2/c1-16(2,3)17-10-9-14(11-15(17)18)19-12-13-7-5-4-6-8-13/h4-11H,12H2,1-3H3. The number of hydrogen-bond donors (Lipinski definition) is 0. The molecule has 0 saturated heterocycles. The number of rotatable bonds is 3. The molecule has 0 aliphatic carbocycles. The van der Waals surface area contributed by atoms with Gasteiger partial charge in [0.25, 0.3) is 5.56 Å². The van der Waals surface area contributed by atoms with Crippen LogP contribution in [0.5, 0.6) is 5.75 Å². The molecular weight excluding hydrogens is 238 g/mol. The van der Waals surface area contributed by atoms with E-state index in [-0.39, 0.29) is 11.1 Å². The third-order valence-corrected chi connectivity index (χ3v) is 2.86. The summed E-state index contributed by atoms with van der Waals surface area (Å²) < 4.78 is 7.32. The minimum absolute atomic E-state index is 0.0435. The molecule has 2 aromatic rings. The molecule has 0 aliphatic rings. The van der Waals surface area contributed by atoms with Gasteiger partial charge in [-0.25, -0.2) is 0 Å². The second-order valence-corrected chi connectivity index (χ2v) is 5.52. The first-order chi connectivity index (χ1) is 8.97. The first kappa shape index (κ1) is 13.4. The summed E-state index contributed by atoms with van der Waals surface area (Å²) in [7, 11) is 0. The first-order valence-electron chi connectivity index (χ1n) is 6.37. The first-order valence-corrected chi connectivity index (χ1v) is 6.37. The van der Waals surface area contributed by atoms with Gasteiger partial charge in [-0.05, 0) is 32.4 Å². The lowest BCUT2D eigenvalue weighted by Crippen LogP contribution is -2.32. The normalized spacial score (nSPS) is 11.3. The second-order valence-electron chi connectivity index (χ2n) is 5.52. The van der Waals surface area contributed by atoms with E-state index < -0.39 is 0 Å². The van der Waals surface area contributed by atoms with Crippen LogP contribution in [0.1, 0.15) is 26.3 Å². The predicted molar refractivity (Wildman–Crippen MR) is 76.5 cm³/mol. The van der Waals surface area contributed by atoms with E-state index in [1.165, 1.54) is 6.07 Å². The molecule has 1 heterocycles. The highest BCUT2D eigenvalue weighted by atomic mass is 16.5. The van der Waals surface area contributed by atoms with Crippen molar-refractivity contribution in [1.29, 1.82) is 0 Å². The van der Waals surface area contributed by atoms with Crippen LogP contribution in [-0.2, 0) is 12.1 Å². The number of hydrogen-bond acceptors (Lipinski definition) is 2. The smallest absolute Gasteiger partial charge is 0.254 e. The minimum atomic E-state index is -0.213. The van der Waals surface area contributed by atoms with Gasteiger partial charge < -0.3 is 9.30 Å². The van der Waals surface area contributed by atoms with Crippen molar-refractivity contribution in [2.75, 3.05) is 0 Å². The Balaban J connectivity index is 2.11. The van der Waals surface area contributed by atoms with Gasteiger partial charge in [0, 0.05) is 17.8 Å². The van der Waals surface area contributed by atoms with Crippen LogP contribution in [0.25, 0.3) is 0 Å². The van der Waals surface area contributed by atoms with Gasteiger partial charge in [-0.3, -0.25) is 4.79 Å². The van der Waals surface area contributed by atoms with Crippen molar-refractivity contribution in [2.24, 2.45) is 0 Å². The van der Waals surface area contributed by atoms with Crippen LogP contribution in [0.15, 0.2) is 53.5 Å². The molecule has 0 unspecified atom stereocenters. The van der Waals surface area contributed by atoms with Crippen LogP contribution in [-0.4, -0.2) is 4.57 Å². The number of pyridine rings is 1. The molecule has 100 valence electrons. The minimum Gasteiger partial charge on any atom is -0.489 e. The van der Waals surface area contributed by atoms with Crippen molar-refractivity contribution >= 4 is 0 Å². The Labute approximate surface area is 113 Å². The maximum atomic E-state index is 12.0. The Bertz CT molecular complexity index is 594. The van der Waals surface area contributed by atoms with Crippen LogP contribution in [0.4, 0.5) is 0 Å². The van der Waals surface area contributed by atoms with Crippen LogP contribution in [0, 0.1) is 0 Å². The van der Waals surface area contributed by atoms with E-state index >= 15 is 0 Å². The van der Waals surface area contributed by atoms with E-state index in [2.05, 4.69) is 0 Å². The predicted octanol–water partition coefficient (Wildman–Crippen LogP) is 3.18. The summed E-state index contributed by atoms with van der Waals surface area (Å²) in [5.41, 5.74) is 0.829. The Hall–Kier alpha value is -2.03. The summed E-state index contributed by atoms with van der Waals surface area (Å²) in [4.78, 5) is 12.0. The van der Waals surface area contributed by atoms with Crippen molar-refractivity contribution in [3.63, 3.8) is 0 Å². The highest BCUT2D eigenvalue weighted by Gasteiger charge is 2.14. The SMILES string of the molecule is CC(C)(C)n1ccc(OCc2ccccc2)cc1=O. The largest absolute Gasteiger partial charge is 0.489 e. The van der Waals surface area contributed by atoms with E-state index in [4.69, 9.17) is 4.74 Å². The molecule has 0 N–H and O–H groups in total. The summed E-state index contributed by atoms with van der Waals surface area (Å²) in [6, 6.07) is 13.3. The summed E-state index contributed by atoms with van der Waals surface area (Å²) in [6.07, 6.45) is 1.78. The van der Waals surface area contributed by atoms with Crippen LogP contribution in [0.3, 0.4) is 0 Å². The Morgan fingerprint density at radius 3 is 2.37 bits per heavy atom. The number of ether oxygens (including phenoxy) is 1. The molecule has 2 rings (SSSR count). The number of aromatic nitrogens is 1. The molecule has 0 atom stereocenters. The van der Waals surface area contributed by atoms with E-state index in [1.54, 1.807) is 10.8 Å². The Kier molecular flexibility index (Phi) is 3.74. The fraction of sp³-hybridized carbons (Fsp3) is 0.312. The molecule has 0 radical (unpaired) electrons. The lowest BCUT2D eigenvalue weighted by Gasteiger charge is -2.22. The maximum absolute atomic E-state index is 12.0. The Morgan fingerprint density at radius 1 is 1.11 bits per heavy atom. The summed E-state index contributed by atoms with van der Waals surface area (Å²) >= 11 is 0. The maximum Gasteiger partial charge on any atom is 0.254 e. The lowest BCUT2D eigenvalue weighted by molar-refractivity contribution is 0.302. The van der Waals surface area contributed by atoms with E-state index in [0.29, 0.717) is 12.4 Å². The quantitative estimate of drug-likeness (QED) is 0.845. The van der Waals surface area contributed by atoms with Crippen LogP contribution in [0.2, 0.25) is 0 Å². The molecule has 1 aromatic carbocycles. The molecule has 0 spiro atoms. The summed E-state index contributed by atoms with van der Waals surface area (Å²) in [5, 5.41) is 0. The van der Waals surface area contributed by atoms with E-state index in [1.807, 2.05) is 57.2 Å². The van der Waals surface area contributed by atoms with Gasteiger partial charge >= 0.3 is 0 Å². The zero-order chi connectivity index (χ0) is 13.9. The topological polar surface area (TPSA) is 31.2 Å². The fourth-order valence-corrected chi connectivity index (χ4v) is 1.85. The monoisotopic (exact) mass is 257 g/mol. The van der Waals surface area contributed by atoms with Gasteiger partial charge in [-0.2, -0.15) is 0 Å². The van der Waals surface area contributed by atoms with Gasteiger partial charge in [-0.1, -0.05) is 30.3 Å². The van der Waals surface area contributed by atoms with Crippen LogP contribution >= 0.6 is 0 Å². The summed E-state index contributed by atoms with van der Waals surface area (Å²) in [6.45, 7) is 6.47. The lowest BCUT2D eigenvalue weighted by atomic mass is 10.1. The van der Waals surface area contributed by atoms with Gasteiger partial charge in [0.1, 0.15) is 12.4 Å². The summed E-state index contributed by atoms with van der Waals surface area (Å²) in [5.74, 6) is 0.606. The van der Waals surface area contributed by atoms with E-state index in [9.17, 15) is 4.79 Å². The molecule has 0 aliphatic heterocycles. The highest BCUT2D eigenvalue weighted by Crippen LogP contribution is 2.14. The fourth-order valence-electron chi connectivity index (χ4n) is 1.85. The zero-order valence-electron chi connectivity index (χ0n) is 11.6. The highest BCUT2D eigenvalue weighted by molar-refractivity contribution is 5.20. The van der Waals surface area contributed by atoms with Gasteiger partial charge in [-0.15, -0.1) is 0 Å². The van der Waals surface area contributed by atoms with Gasteiger partial charge in [0.2, 0.25) is 0 Å². The van der Waals surface area contributed by atoms with Crippen molar-refractivity contribution < 1.29 is 4.74 Å². The van der Waals surface area contributed by atoms with Crippen molar-refractivity contribution in [2.45, 2.75) is 32.9 Å². The molecular formula is C16H19NO2. The molecule has 19 heavy (non-hydrogen) atoms. The van der Waals surface area contributed by atoms with E-state index in [0.717, 1.165) is 5.56 Å². The molecule has 3 nitrogen and oxygen atoms in total. The molecule has 0 saturated carbocycles.